The first-order valence-corrected chi connectivity index (χ1v) is 6.17. The van der Waals surface area contributed by atoms with E-state index in [0.29, 0.717) is 0 Å². The van der Waals surface area contributed by atoms with Crippen LogP contribution >= 0.6 is 11.6 Å². The molecule has 0 spiro atoms. The summed E-state index contributed by atoms with van der Waals surface area (Å²) >= 11 is 5.84. The van der Waals surface area contributed by atoms with Gasteiger partial charge < -0.3 is 15.3 Å². The zero-order chi connectivity index (χ0) is 15.3. The summed E-state index contributed by atoms with van der Waals surface area (Å²) in [7, 11) is 0. The zero-order valence-corrected chi connectivity index (χ0v) is 11.8. The molecule has 0 aliphatic rings. The molecule has 0 aliphatic heterocycles. The van der Waals surface area contributed by atoms with Crippen LogP contribution in [0.1, 0.15) is 21.5 Å². The monoisotopic (exact) mass is 294 g/mol. The van der Waals surface area contributed by atoms with Crippen molar-refractivity contribution >= 4 is 17.6 Å². The number of aromatic carboxylic acids is 1. The topological polar surface area (TPSA) is 77.8 Å². The highest BCUT2D eigenvalue weighted by Crippen LogP contribution is 2.24. The van der Waals surface area contributed by atoms with Crippen molar-refractivity contribution in [2.75, 3.05) is 0 Å². The highest BCUT2D eigenvalue weighted by Gasteiger charge is 2.00. The number of carboxylic acids is 1. The van der Waals surface area contributed by atoms with Crippen molar-refractivity contribution in [3.05, 3.63) is 58.1 Å². The van der Waals surface area contributed by atoms with Gasteiger partial charge in [-0.2, -0.15) is 0 Å². The SMILES string of the molecule is Cc1cc(O)cc(C)c1Cl.O=C(O)c1ccc(O)cc1. The van der Waals surface area contributed by atoms with Gasteiger partial charge in [0.1, 0.15) is 11.5 Å². The smallest absolute Gasteiger partial charge is 0.335 e. The van der Waals surface area contributed by atoms with Gasteiger partial charge in [0, 0.05) is 5.02 Å². The predicted molar refractivity (Wildman–Crippen MR) is 77.7 cm³/mol. The molecule has 106 valence electrons. The Morgan fingerprint density at radius 2 is 1.40 bits per heavy atom. The van der Waals surface area contributed by atoms with Crippen molar-refractivity contribution in [1.82, 2.24) is 0 Å². The average molecular weight is 295 g/mol. The quantitative estimate of drug-likeness (QED) is 0.748. The van der Waals surface area contributed by atoms with Gasteiger partial charge in [-0.25, -0.2) is 4.79 Å². The Labute approximate surface area is 121 Å². The standard InChI is InChI=1S/C8H9ClO.C7H6O3/c1-5-3-7(10)4-6(2)8(5)9;8-6-3-1-5(2-4-6)7(9)10/h3-4,10H,1-2H3;1-4,8H,(H,9,10). The maximum atomic E-state index is 10.2. The van der Waals surface area contributed by atoms with E-state index < -0.39 is 5.97 Å². The minimum atomic E-state index is -0.986. The number of hydrogen-bond acceptors (Lipinski definition) is 3. The number of carbonyl (C=O) groups is 1. The summed E-state index contributed by atoms with van der Waals surface area (Å²) in [5.41, 5.74) is 2.01. The highest BCUT2D eigenvalue weighted by atomic mass is 35.5. The summed E-state index contributed by atoms with van der Waals surface area (Å²) in [6, 6.07) is 8.66. The number of aryl methyl sites for hydroxylation is 2. The molecular weight excluding hydrogens is 280 g/mol. The Hall–Kier alpha value is -2.20. The van der Waals surface area contributed by atoms with Gasteiger partial charge in [0.25, 0.3) is 0 Å². The Kier molecular flexibility index (Phi) is 5.41. The molecule has 0 aliphatic carbocycles. The van der Waals surface area contributed by atoms with Gasteiger partial charge in [0.15, 0.2) is 0 Å². The fourth-order valence-corrected chi connectivity index (χ4v) is 1.64. The first-order valence-electron chi connectivity index (χ1n) is 5.79. The Bertz CT molecular complexity index is 583. The van der Waals surface area contributed by atoms with Crippen LogP contribution in [0.3, 0.4) is 0 Å². The second-order valence-electron chi connectivity index (χ2n) is 4.25. The minimum Gasteiger partial charge on any atom is -0.508 e. The fraction of sp³-hybridized carbons (Fsp3) is 0.133. The lowest BCUT2D eigenvalue weighted by Gasteiger charge is -2.01. The Morgan fingerprint density at radius 3 is 1.80 bits per heavy atom. The van der Waals surface area contributed by atoms with E-state index in [1.165, 1.54) is 24.3 Å². The molecule has 20 heavy (non-hydrogen) atoms. The van der Waals surface area contributed by atoms with Crippen LogP contribution in [0.25, 0.3) is 0 Å². The van der Waals surface area contributed by atoms with Crippen molar-refractivity contribution in [2.24, 2.45) is 0 Å². The molecule has 2 rings (SSSR count). The molecule has 0 saturated heterocycles. The first-order chi connectivity index (χ1) is 9.31. The van der Waals surface area contributed by atoms with E-state index in [1.807, 2.05) is 13.8 Å². The van der Waals surface area contributed by atoms with Gasteiger partial charge in [-0.05, 0) is 61.4 Å². The third-order valence-electron chi connectivity index (χ3n) is 2.54. The molecule has 2 aromatic rings. The van der Waals surface area contributed by atoms with Crippen molar-refractivity contribution in [3.8, 4) is 11.5 Å². The third kappa shape index (κ3) is 4.48. The molecule has 0 bridgehead atoms. The lowest BCUT2D eigenvalue weighted by Crippen LogP contribution is -1.93. The zero-order valence-electron chi connectivity index (χ0n) is 11.1. The van der Waals surface area contributed by atoms with Crippen molar-refractivity contribution < 1.29 is 20.1 Å². The van der Waals surface area contributed by atoms with Crippen LogP contribution in [-0.4, -0.2) is 21.3 Å². The van der Waals surface area contributed by atoms with Crippen molar-refractivity contribution in [2.45, 2.75) is 13.8 Å². The highest BCUT2D eigenvalue weighted by molar-refractivity contribution is 6.32. The molecule has 2 aromatic carbocycles. The van der Waals surface area contributed by atoms with Crippen LogP contribution in [0.4, 0.5) is 0 Å². The van der Waals surface area contributed by atoms with E-state index in [0.717, 1.165) is 16.1 Å². The summed E-state index contributed by atoms with van der Waals surface area (Å²) in [6.07, 6.45) is 0. The summed E-state index contributed by atoms with van der Waals surface area (Å²) in [5, 5.41) is 26.9. The fourth-order valence-electron chi connectivity index (χ4n) is 1.53. The van der Waals surface area contributed by atoms with Crippen LogP contribution in [0.15, 0.2) is 36.4 Å². The van der Waals surface area contributed by atoms with Crippen LogP contribution in [-0.2, 0) is 0 Å². The number of hydrogen-bond donors (Lipinski definition) is 3. The van der Waals surface area contributed by atoms with Crippen LogP contribution in [0.5, 0.6) is 11.5 Å². The second-order valence-corrected chi connectivity index (χ2v) is 4.62. The molecule has 0 radical (unpaired) electrons. The summed E-state index contributed by atoms with van der Waals surface area (Å²) in [6.45, 7) is 3.74. The van der Waals surface area contributed by atoms with Crippen molar-refractivity contribution in [3.63, 3.8) is 0 Å². The maximum Gasteiger partial charge on any atom is 0.335 e. The van der Waals surface area contributed by atoms with Gasteiger partial charge in [0.2, 0.25) is 0 Å². The van der Waals surface area contributed by atoms with Gasteiger partial charge in [-0.3, -0.25) is 0 Å². The van der Waals surface area contributed by atoms with E-state index in [4.69, 9.17) is 26.9 Å². The number of aromatic hydroxyl groups is 2. The number of benzene rings is 2. The normalized spacial score (nSPS) is 9.55. The third-order valence-corrected chi connectivity index (χ3v) is 3.13. The summed E-state index contributed by atoms with van der Waals surface area (Å²) < 4.78 is 0. The van der Waals surface area contributed by atoms with E-state index in [1.54, 1.807) is 12.1 Å². The van der Waals surface area contributed by atoms with E-state index in [-0.39, 0.29) is 17.1 Å². The van der Waals surface area contributed by atoms with Crippen LogP contribution in [0, 0.1) is 13.8 Å². The Morgan fingerprint density at radius 1 is 0.950 bits per heavy atom. The van der Waals surface area contributed by atoms with Crippen LogP contribution < -0.4 is 0 Å². The van der Waals surface area contributed by atoms with Crippen LogP contribution in [0.2, 0.25) is 5.02 Å². The lowest BCUT2D eigenvalue weighted by molar-refractivity contribution is 0.0697. The summed E-state index contributed by atoms with van der Waals surface area (Å²) in [5.74, 6) is -0.635. The predicted octanol–water partition coefficient (Wildman–Crippen LogP) is 3.75. The van der Waals surface area contributed by atoms with E-state index in [2.05, 4.69) is 0 Å². The lowest BCUT2D eigenvalue weighted by atomic mass is 10.1. The number of rotatable bonds is 1. The molecule has 0 atom stereocenters. The molecule has 0 heterocycles. The van der Waals surface area contributed by atoms with Gasteiger partial charge in [-0.15, -0.1) is 0 Å². The van der Waals surface area contributed by atoms with Gasteiger partial charge >= 0.3 is 5.97 Å². The first kappa shape index (κ1) is 15.9. The van der Waals surface area contributed by atoms with Gasteiger partial charge in [0.05, 0.1) is 5.56 Å². The van der Waals surface area contributed by atoms with E-state index >= 15 is 0 Å². The van der Waals surface area contributed by atoms with Crippen molar-refractivity contribution in [1.29, 1.82) is 0 Å². The number of phenols is 2. The molecule has 0 saturated carbocycles. The molecule has 4 nitrogen and oxygen atoms in total. The molecule has 0 aromatic heterocycles. The summed E-state index contributed by atoms with van der Waals surface area (Å²) in [4.78, 5) is 10.2. The number of phenolic OH excluding ortho intramolecular Hbond substituents is 2. The molecule has 0 unspecified atom stereocenters. The maximum absolute atomic E-state index is 10.2. The van der Waals surface area contributed by atoms with Gasteiger partial charge in [-0.1, -0.05) is 11.6 Å². The average Bonchev–Trinajstić information content (AvgIpc) is 2.37. The molecule has 0 fully saturated rings. The molecular formula is C15H15ClO4. The number of halogens is 1. The minimum absolute atomic E-state index is 0.0741. The van der Waals surface area contributed by atoms with E-state index in [9.17, 15) is 4.79 Å². The largest absolute Gasteiger partial charge is 0.508 e. The number of carboxylic acid groups (broad SMARTS) is 1. The second kappa shape index (κ2) is 6.82. The molecule has 3 N–H and O–H groups in total. The molecule has 5 heteroatoms. The molecule has 0 amide bonds. The Balaban J connectivity index is 0.000000200.